The highest BCUT2D eigenvalue weighted by molar-refractivity contribution is 8.00. The van der Waals surface area contributed by atoms with Crippen LogP contribution in [0, 0.1) is 0 Å². The molecule has 1 rings (SSSR count). The van der Waals surface area contributed by atoms with Crippen molar-refractivity contribution in [1.29, 1.82) is 0 Å². The zero-order valence-electron chi connectivity index (χ0n) is 9.52. The van der Waals surface area contributed by atoms with Gasteiger partial charge < -0.3 is 4.74 Å². The van der Waals surface area contributed by atoms with Gasteiger partial charge in [0.25, 0.3) is 0 Å². The summed E-state index contributed by atoms with van der Waals surface area (Å²) in [5.74, 6) is -0.194. The number of hydrogen-bond donors (Lipinski definition) is 0. The van der Waals surface area contributed by atoms with Gasteiger partial charge in [-0.3, -0.25) is 0 Å². The van der Waals surface area contributed by atoms with Gasteiger partial charge in [0.05, 0.1) is 4.90 Å². The first-order valence-electron chi connectivity index (χ1n) is 5.22. The van der Waals surface area contributed by atoms with E-state index in [0.717, 1.165) is 6.07 Å². The molecule has 19 heavy (non-hydrogen) atoms. The first-order chi connectivity index (χ1) is 8.83. The maximum Gasteiger partial charge on any atom is 0.446 e. The Labute approximate surface area is 116 Å². The van der Waals surface area contributed by atoms with Crippen molar-refractivity contribution >= 4 is 23.4 Å². The Hall–Kier alpha value is -0.690. The third-order valence-electron chi connectivity index (χ3n) is 2.07. The van der Waals surface area contributed by atoms with Crippen LogP contribution >= 0.6 is 23.4 Å². The van der Waals surface area contributed by atoms with Crippen molar-refractivity contribution < 1.29 is 26.7 Å². The number of ether oxygens (including phenoxy) is 1. The second kappa shape index (κ2) is 7.19. The lowest BCUT2D eigenvalue weighted by atomic mass is 10.1. The van der Waals surface area contributed by atoms with E-state index in [0.29, 0.717) is 12.0 Å². The Balaban J connectivity index is 3.08. The van der Waals surface area contributed by atoms with Crippen LogP contribution in [-0.2, 0) is 6.42 Å². The molecule has 0 saturated heterocycles. The lowest BCUT2D eigenvalue weighted by molar-refractivity contribution is -0.0528. The summed E-state index contributed by atoms with van der Waals surface area (Å²) >= 11 is 5.03. The summed E-state index contributed by atoms with van der Waals surface area (Å²) in [5, 5.41) is 0. The van der Waals surface area contributed by atoms with Gasteiger partial charge in [-0.15, -0.1) is 11.6 Å². The Bertz CT molecular complexity index is 411. The highest BCUT2D eigenvalue weighted by atomic mass is 35.5. The minimum absolute atomic E-state index is 0.266. The van der Waals surface area contributed by atoms with Crippen LogP contribution in [-0.4, -0.2) is 18.0 Å². The fourth-order valence-electron chi connectivity index (χ4n) is 1.44. The molecule has 0 aliphatic heterocycles. The second-order valence-electron chi connectivity index (χ2n) is 3.46. The van der Waals surface area contributed by atoms with E-state index in [4.69, 9.17) is 11.6 Å². The topological polar surface area (TPSA) is 9.23 Å². The molecular weight excluding hydrogens is 311 g/mol. The zero-order valence-corrected chi connectivity index (χ0v) is 11.1. The van der Waals surface area contributed by atoms with Crippen LogP contribution < -0.4 is 4.74 Å². The van der Waals surface area contributed by atoms with E-state index in [-0.39, 0.29) is 17.2 Å². The van der Waals surface area contributed by atoms with Gasteiger partial charge >= 0.3 is 12.1 Å². The van der Waals surface area contributed by atoms with Crippen molar-refractivity contribution in [3.05, 3.63) is 23.8 Å². The molecule has 0 atom stereocenters. The quantitative estimate of drug-likeness (QED) is 0.411. The molecule has 0 heterocycles. The van der Waals surface area contributed by atoms with Gasteiger partial charge in [-0.1, -0.05) is 12.1 Å². The Kier molecular flexibility index (Phi) is 6.19. The summed E-state index contributed by atoms with van der Waals surface area (Å²) in [4.78, 5) is -0.333. The molecule has 0 spiro atoms. The van der Waals surface area contributed by atoms with E-state index in [9.17, 15) is 22.0 Å². The zero-order chi connectivity index (χ0) is 14.5. The van der Waals surface area contributed by atoms with E-state index >= 15 is 0 Å². The summed E-state index contributed by atoms with van der Waals surface area (Å²) in [5.41, 5.74) is -4.28. The normalized spacial score (nSPS) is 11.9. The fraction of sp³-hybridized carbons (Fsp3) is 0.455. The molecule has 0 saturated carbocycles. The molecule has 1 aromatic rings. The first kappa shape index (κ1) is 16.4. The minimum atomic E-state index is -4.57. The van der Waals surface area contributed by atoms with Gasteiger partial charge in [-0.2, -0.15) is 22.0 Å². The number of aryl methyl sites for hydroxylation is 1. The maximum atomic E-state index is 12.5. The average molecular weight is 321 g/mol. The van der Waals surface area contributed by atoms with Crippen molar-refractivity contribution in [3.8, 4) is 5.75 Å². The number of thioether (sulfide) groups is 1. The van der Waals surface area contributed by atoms with Crippen molar-refractivity contribution in [2.75, 3.05) is 5.88 Å². The summed E-state index contributed by atoms with van der Waals surface area (Å²) in [7, 11) is 0. The Morgan fingerprint density at radius 2 is 1.95 bits per heavy atom. The second-order valence-corrected chi connectivity index (χ2v) is 4.92. The number of benzene rings is 1. The van der Waals surface area contributed by atoms with Gasteiger partial charge in [-0.25, -0.2) is 0 Å². The molecule has 0 N–H and O–H groups in total. The summed E-state index contributed by atoms with van der Waals surface area (Å²) < 4.78 is 65.9. The monoisotopic (exact) mass is 320 g/mol. The Morgan fingerprint density at radius 3 is 2.47 bits per heavy atom. The molecule has 0 unspecified atom stereocenters. The van der Waals surface area contributed by atoms with Crippen molar-refractivity contribution in [3.63, 3.8) is 0 Å². The predicted octanol–water partition coefficient (Wildman–Crippen LogP) is 5.07. The van der Waals surface area contributed by atoms with Gasteiger partial charge in [0.2, 0.25) is 0 Å². The Morgan fingerprint density at radius 1 is 1.26 bits per heavy atom. The standard InChI is InChI=1S/C11H10ClF5OS/c12-6-2-4-7-3-1-5-8(18-10(13)14)9(7)19-11(15,16)17/h1,3,5,10H,2,4,6H2. The van der Waals surface area contributed by atoms with Crippen molar-refractivity contribution in [1.82, 2.24) is 0 Å². The summed E-state index contributed by atoms with van der Waals surface area (Å²) in [6.07, 6.45) is 0.716. The molecule has 0 aliphatic carbocycles. The SMILES string of the molecule is FC(F)Oc1cccc(CCCCl)c1SC(F)(F)F. The van der Waals surface area contributed by atoms with Gasteiger partial charge in [-0.05, 0) is 36.2 Å². The lowest BCUT2D eigenvalue weighted by Crippen LogP contribution is -2.07. The van der Waals surface area contributed by atoms with Gasteiger partial charge in [0.15, 0.2) is 0 Å². The molecule has 0 fully saturated rings. The molecule has 1 nitrogen and oxygen atoms in total. The lowest BCUT2D eigenvalue weighted by Gasteiger charge is -2.15. The molecule has 1 aromatic carbocycles. The smallest absolute Gasteiger partial charge is 0.434 e. The number of hydrogen-bond acceptors (Lipinski definition) is 2. The van der Waals surface area contributed by atoms with Crippen molar-refractivity contribution in [2.24, 2.45) is 0 Å². The van der Waals surface area contributed by atoms with Crippen LogP contribution in [0.25, 0.3) is 0 Å². The third-order valence-corrected chi connectivity index (χ3v) is 3.24. The summed E-state index contributed by atoms with van der Waals surface area (Å²) in [6.45, 7) is -3.17. The van der Waals surface area contributed by atoms with Crippen LogP contribution in [0.15, 0.2) is 23.1 Å². The van der Waals surface area contributed by atoms with E-state index in [1.54, 1.807) is 0 Å². The highest BCUT2D eigenvalue weighted by Crippen LogP contribution is 2.44. The molecular formula is C11H10ClF5OS. The van der Waals surface area contributed by atoms with Crippen LogP contribution in [0.1, 0.15) is 12.0 Å². The number of halogens is 6. The molecule has 0 radical (unpaired) electrons. The number of rotatable bonds is 6. The molecule has 0 aromatic heterocycles. The average Bonchev–Trinajstić information content (AvgIpc) is 2.27. The molecule has 108 valence electrons. The molecule has 8 heteroatoms. The molecule has 0 amide bonds. The fourth-order valence-corrected chi connectivity index (χ4v) is 2.32. The van der Waals surface area contributed by atoms with E-state index in [1.807, 2.05) is 0 Å². The third kappa shape index (κ3) is 5.86. The minimum Gasteiger partial charge on any atom is -0.434 e. The van der Waals surface area contributed by atoms with Crippen molar-refractivity contribution in [2.45, 2.75) is 29.9 Å². The van der Waals surface area contributed by atoms with Crippen LogP contribution in [0.3, 0.4) is 0 Å². The van der Waals surface area contributed by atoms with E-state index in [1.165, 1.54) is 12.1 Å². The maximum absolute atomic E-state index is 12.5. The molecule has 0 aliphatic rings. The van der Waals surface area contributed by atoms with E-state index < -0.39 is 29.6 Å². The van der Waals surface area contributed by atoms with Gasteiger partial charge in [0.1, 0.15) is 5.75 Å². The van der Waals surface area contributed by atoms with Crippen LogP contribution in [0.2, 0.25) is 0 Å². The van der Waals surface area contributed by atoms with Crippen LogP contribution in [0.5, 0.6) is 5.75 Å². The van der Waals surface area contributed by atoms with Crippen LogP contribution in [0.4, 0.5) is 22.0 Å². The predicted molar refractivity (Wildman–Crippen MR) is 64.0 cm³/mol. The molecule has 0 bridgehead atoms. The number of alkyl halides is 6. The largest absolute Gasteiger partial charge is 0.446 e. The first-order valence-corrected chi connectivity index (χ1v) is 6.57. The van der Waals surface area contributed by atoms with E-state index in [2.05, 4.69) is 4.74 Å². The highest BCUT2D eigenvalue weighted by Gasteiger charge is 2.32. The van der Waals surface area contributed by atoms with Gasteiger partial charge in [0, 0.05) is 5.88 Å². The summed E-state index contributed by atoms with van der Waals surface area (Å²) in [6, 6.07) is 3.91.